The van der Waals surface area contributed by atoms with Crippen LogP contribution in [0.4, 0.5) is 0 Å². The van der Waals surface area contributed by atoms with Gasteiger partial charge in [-0.25, -0.2) is 0 Å². The molecule has 0 N–H and O–H groups in total. The summed E-state index contributed by atoms with van der Waals surface area (Å²) in [6.07, 6.45) is 0. The van der Waals surface area contributed by atoms with Crippen LogP contribution < -0.4 is 8.97 Å². The average Bonchev–Trinajstić information content (AvgIpc) is 1.88. The van der Waals surface area contributed by atoms with Gasteiger partial charge in [0, 0.05) is 0 Å². The van der Waals surface area contributed by atoms with Gasteiger partial charge in [-0.1, -0.05) is 0 Å². The molecule has 1 aromatic carbocycles. The monoisotopic (exact) mass is 148 g/mol. The Hall–Kier alpha value is -0.0926. The minimum atomic E-state index is 0.669. The van der Waals surface area contributed by atoms with E-state index in [4.69, 9.17) is 16.3 Å². The predicted molar refractivity (Wildman–Crippen MR) is 43.4 cm³/mol. The summed E-state index contributed by atoms with van der Waals surface area (Å²) in [6.45, 7) is 0. The van der Waals surface area contributed by atoms with Crippen molar-refractivity contribution in [3.63, 3.8) is 0 Å². The molecule has 0 aliphatic heterocycles. The van der Waals surface area contributed by atoms with Crippen molar-refractivity contribution in [1.82, 2.24) is 0 Å². The van der Waals surface area contributed by atoms with Crippen molar-refractivity contribution in [2.45, 2.75) is 0 Å². The van der Waals surface area contributed by atoms with Crippen molar-refractivity contribution in [3.05, 3.63) is 23.2 Å². The number of hydrogen-bond donors (Lipinski definition) is 0. The summed E-state index contributed by atoms with van der Waals surface area (Å²) >= 11 is 7.80. The molecule has 10 heavy (non-hydrogen) atoms. The van der Waals surface area contributed by atoms with Crippen molar-refractivity contribution >= 4 is 33.6 Å². The van der Waals surface area contributed by atoms with E-state index < -0.39 is 0 Å². The van der Waals surface area contributed by atoms with E-state index in [1.54, 1.807) is 7.11 Å². The van der Waals surface area contributed by atoms with E-state index in [1.807, 2.05) is 35.9 Å². The Labute approximate surface area is 74.5 Å². The van der Waals surface area contributed by atoms with Gasteiger partial charge in [0.05, 0.1) is 0 Å². The molecule has 0 heterocycles. The zero-order valence-corrected chi connectivity index (χ0v) is 6.77. The van der Waals surface area contributed by atoms with Crippen LogP contribution in [-0.2, 0) is 0 Å². The Morgan fingerprint density at radius 2 is 2.20 bits per heavy atom. The fourth-order valence-corrected chi connectivity index (χ4v) is 1.08. The van der Waals surface area contributed by atoms with Crippen molar-refractivity contribution in [1.29, 1.82) is 0 Å². The van der Waals surface area contributed by atoms with Gasteiger partial charge in [-0.05, 0) is 0 Å². The summed E-state index contributed by atoms with van der Waals surface area (Å²) in [5, 5.41) is 0.669. The van der Waals surface area contributed by atoms with Crippen LogP contribution in [-0.4, -0.2) is 24.8 Å². The Bertz CT molecular complexity index is 237. The SMILES string of the molecule is [Li][c]1ccc(OC)c(Cl)c1. The zero-order valence-electron chi connectivity index (χ0n) is 6.02. The van der Waals surface area contributed by atoms with Gasteiger partial charge in [0.1, 0.15) is 0 Å². The predicted octanol–water partition coefficient (Wildman–Crippen LogP) is 1.14. The Kier molecular flexibility index (Phi) is 2.68. The van der Waals surface area contributed by atoms with Crippen molar-refractivity contribution in [2.75, 3.05) is 7.11 Å². The molecule has 0 spiro atoms. The van der Waals surface area contributed by atoms with E-state index in [0.29, 0.717) is 5.02 Å². The second kappa shape index (κ2) is 3.34. The molecule has 0 atom stereocenters. The molecule has 48 valence electrons. The van der Waals surface area contributed by atoms with E-state index in [-0.39, 0.29) is 0 Å². The summed E-state index contributed by atoms with van der Waals surface area (Å²) in [4.78, 5) is 0. The Balaban J connectivity index is 3.07. The van der Waals surface area contributed by atoms with Crippen LogP contribution in [0.1, 0.15) is 0 Å². The van der Waals surface area contributed by atoms with Crippen LogP contribution in [0.5, 0.6) is 5.75 Å². The van der Waals surface area contributed by atoms with E-state index in [9.17, 15) is 0 Å². The van der Waals surface area contributed by atoms with E-state index in [2.05, 4.69) is 0 Å². The van der Waals surface area contributed by atoms with Gasteiger partial charge in [0.2, 0.25) is 0 Å². The summed E-state index contributed by atoms with van der Waals surface area (Å²) in [6, 6.07) is 5.70. The molecule has 0 bridgehead atoms. The summed E-state index contributed by atoms with van der Waals surface area (Å²) in [5.74, 6) is 0.729. The molecule has 0 amide bonds. The second-order valence-electron chi connectivity index (χ2n) is 2.14. The summed E-state index contributed by atoms with van der Waals surface area (Å²) in [7, 11) is 1.61. The van der Waals surface area contributed by atoms with Crippen molar-refractivity contribution in [3.8, 4) is 5.75 Å². The summed E-state index contributed by atoms with van der Waals surface area (Å²) in [5.41, 5.74) is 0. The molecule has 0 aliphatic carbocycles. The Morgan fingerprint density at radius 1 is 1.50 bits per heavy atom. The third kappa shape index (κ3) is 1.70. The molecule has 0 fully saturated rings. The zero-order chi connectivity index (χ0) is 7.56. The molecule has 1 aromatic rings. The second-order valence-corrected chi connectivity index (χ2v) is 2.55. The third-order valence-corrected chi connectivity index (χ3v) is 1.60. The molecule has 0 aliphatic rings. The first-order valence-electron chi connectivity index (χ1n) is 3.04. The van der Waals surface area contributed by atoms with Crippen LogP contribution >= 0.6 is 11.6 Å². The van der Waals surface area contributed by atoms with Gasteiger partial charge in [-0.2, -0.15) is 0 Å². The van der Waals surface area contributed by atoms with Gasteiger partial charge < -0.3 is 0 Å². The van der Waals surface area contributed by atoms with E-state index in [1.165, 1.54) is 0 Å². The first-order valence-corrected chi connectivity index (χ1v) is 3.42. The molecule has 3 heteroatoms. The van der Waals surface area contributed by atoms with Crippen LogP contribution in [0.3, 0.4) is 0 Å². The third-order valence-electron chi connectivity index (χ3n) is 1.31. The molecule has 0 radical (unpaired) electrons. The number of ether oxygens (including phenoxy) is 1. The van der Waals surface area contributed by atoms with Gasteiger partial charge >= 0.3 is 74.4 Å². The normalized spacial score (nSPS) is 9.60. The maximum atomic E-state index is 5.80. The topological polar surface area (TPSA) is 9.23 Å². The molecular formula is C7H6ClLiO. The van der Waals surface area contributed by atoms with E-state index in [0.717, 1.165) is 9.99 Å². The number of benzene rings is 1. The van der Waals surface area contributed by atoms with Gasteiger partial charge in [-0.15, -0.1) is 0 Å². The quantitative estimate of drug-likeness (QED) is 0.543. The maximum absolute atomic E-state index is 5.80. The molecule has 0 aromatic heterocycles. The van der Waals surface area contributed by atoms with E-state index >= 15 is 0 Å². The summed E-state index contributed by atoms with van der Waals surface area (Å²) < 4.78 is 6.11. The fraction of sp³-hybridized carbons (Fsp3) is 0.143. The van der Waals surface area contributed by atoms with Crippen LogP contribution in [0, 0.1) is 0 Å². The fourth-order valence-electron chi connectivity index (χ4n) is 0.771. The molecule has 0 unspecified atom stereocenters. The van der Waals surface area contributed by atoms with Crippen molar-refractivity contribution < 1.29 is 4.74 Å². The number of hydrogen-bond acceptors (Lipinski definition) is 1. The first kappa shape index (κ1) is 8.01. The molecule has 1 nitrogen and oxygen atoms in total. The minimum absolute atomic E-state index is 0.669. The standard InChI is InChI=1S/C7H6ClO.Li/c1-9-7-5-3-2-4-6(7)8;/h3-5H,1H3;. The van der Waals surface area contributed by atoms with Gasteiger partial charge in [0.25, 0.3) is 0 Å². The van der Waals surface area contributed by atoms with Crippen LogP contribution in [0.25, 0.3) is 0 Å². The van der Waals surface area contributed by atoms with Crippen molar-refractivity contribution in [2.24, 2.45) is 0 Å². The van der Waals surface area contributed by atoms with Crippen LogP contribution in [0.15, 0.2) is 18.2 Å². The Morgan fingerprint density at radius 3 is 2.70 bits per heavy atom. The number of halogens is 1. The first-order chi connectivity index (χ1) is 4.74. The molecule has 1 rings (SSSR count). The molecule has 0 saturated heterocycles. The van der Waals surface area contributed by atoms with Gasteiger partial charge in [-0.3, -0.25) is 0 Å². The average molecular weight is 149 g/mol. The molecular weight excluding hydrogens is 142 g/mol. The molecule has 0 saturated carbocycles. The number of rotatable bonds is 1. The number of methoxy groups -OCH3 is 1. The van der Waals surface area contributed by atoms with Gasteiger partial charge in [0.15, 0.2) is 0 Å². The van der Waals surface area contributed by atoms with Crippen LogP contribution in [0.2, 0.25) is 5.02 Å².